The Balaban J connectivity index is 2.30. The van der Waals surface area contributed by atoms with Gasteiger partial charge < -0.3 is 5.32 Å². The van der Waals surface area contributed by atoms with Crippen molar-refractivity contribution in [2.75, 3.05) is 5.32 Å². The molecule has 1 unspecified atom stereocenters. The number of benzene rings is 1. The molecule has 2 aromatic rings. The second kappa shape index (κ2) is 6.17. The van der Waals surface area contributed by atoms with Crippen LogP contribution in [0, 0.1) is 12.7 Å². The molecule has 106 valence electrons. The van der Waals surface area contributed by atoms with E-state index in [1.807, 2.05) is 13.8 Å². The Bertz CT molecular complexity index is 623. The molecule has 1 heterocycles. The fourth-order valence-electron chi connectivity index (χ4n) is 1.92. The van der Waals surface area contributed by atoms with Crippen molar-refractivity contribution >= 4 is 40.5 Å². The average Bonchev–Trinajstić information content (AvgIpc) is 2.33. The van der Waals surface area contributed by atoms with Crippen LogP contribution in [0.4, 0.5) is 10.1 Å². The van der Waals surface area contributed by atoms with Crippen LogP contribution in [0.3, 0.4) is 0 Å². The second-order valence-electron chi connectivity index (χ2n) is 4.46. The van der Waals surface area contributed by atoms with Crippen LogP contribution in [0.5, 0.6) is 0 Å². The van der Waals surface area contributed by atoms with E-state index in [2.05, 4.69) is 10.3 Å². The first-order valence-corrected chi connectivity index (χ1v) is 7.06. The SMILES string of the molecule is Cc1cc(Cl)nc(Cl)c1NC(C)c1ccc(F)cc1Cl. The number of rotatable bonds is 3. The zero-order chi connectivity index (χ0) is 14.9. The zero-order valence-electron chi connectivity index (χ0n) is 10.8. The van der Waals surface area contributed by atoms with Crippen LogP contribution < -0.4 is 5.32 Å². The van der Waals surface area contributed by atoms with Crippen molar-refractivity contribution in [3.8, 4) is 0 Å². The van der Waals surface area contributed by atoms with Crippen molar-refractivity contribution in [1.29, 1.82) is 0 Å². The number of pyridine rings is 1. The van der Waals surface area contributed by atoms with Crippen LogP contribution in [-0.2, 0) is 0 Å². The topological polar surface area (TPSA) is 24.9 Å². The number of hydrogen-bond acceptors (Lipinski definition) is 2. The summed E-state index contributed by atoms with van der Waals surface area (Å²) in [5.41, 5.74) is 2.34. The second-order valence-corrected chi connectivity index (χ2v) is 5.61. The molecule has 2 nitrogen and oxygen atoms in total. The number of halogens is 4. The average molecular weight is 334 g/mol. The minimum Gasteiger partial charge on any atom is -0.376 e. The molecule has 2 rings (SSSR count). The smallest absolute Gasteiger partial charge is 0.154 e. The van der Waals surface area contributed by atoms with Gasteiger partial charge in [-0.15, -0.1) is 0 Å². The monoisotopic (exact) mass is 332 g/mol. The third-order valence-corrected chi connectivity index (χ3v) is 3.73. The zero-order valence-corrected chi connectivity index (χ0v) is 13.1. The van der Waals surface area contributed by atoms with Crippen LogP contribution in [0.2, 0.25) is 15.3 Å². The van der Waals surface area contributed by atoms with Crippen LogP contribution in [0.25, 0.3) is 0 Å². The lowest BCUT2D eigenvalue weighted by Crippen LogP contribution is -2.09. The molecule has 1 N–H and O–H groups in total. The maximum Gasteiger partial charge on any atom is 0.154 e. The van der Waals surface area contributed by atoms with E-state index in [0.717, 1.165) is 11.1 Å². The van der Waals surface area contributed by atoms with Gasteiger partial charge in [-0.2, -0.15) is 0 Å². The summed E-state index contributed by atoms with van der Waals surface area (Å²) in [6.45, 7) is 3.78. The molecule has 1 aromatic carbocycles. The molecular formula is C14H12Cl3FN2. The summed E-state index contributed by atoms with van der Waals surface area (Å²) >= 11 is 18.0. The Morgan fingerprint density at radius 1 is 1.20 bits per heavy atom. The van der Waals surface area contributed by atoms with E-state index in [-0.39, 0.29) is 11.9 Å². The van der Waals surface area contributed by atoms with Gasteiger partial charge in [-0.05, 0) is 43.2 Å². The van der Waals surface area contributed by atoms with Crippen molar-refractivity contribution in [1.82, 2.24) is 4.98 Å². The molecular weight excluding hydrogens is 322 g/mol. The van der Waals surface area contributed by atoms with Gasteiger partial charge in [-0.3, -0.25) is 0 Å². The minimum atomic E-state index is -0.367. The molecule has 0 saturated heterocycles. The standard InChI is InChI=1S/C14H12Cl3FN2/c1-7-5-12(16)20-14(17)13(7)19-8(2)10-4-3-9(18)6-11(10)15/h3-6,8,19H,1-2H3. The molecule has 0 bridgehead atoms. The number of nitrogens with zero attached hydrogens (tertiary/aromatic N) is 1. The molecule has 0 aliphatic rings. The van der Waals surface area contributed by atoms with Crippen molar-refractivity contribution < 1.29 is 4.39 Å². The fourth-order valence-corrected chi connectivity index (χ4v) is 2.83. The quantitative estimate of drug-likeness (QED) is 0.733. The van der Waals surface area contributed by atoms with E-state index < -0.39 is 0 Å². The first-order valence-electron chi connectivity index (χ1n) is 5.92. The summed E-state index contributed by atoms with van der Waals surface area (Å²) in [6.07, 6.45) is 0. The summed E-state index contributed by atoms with van der Waals surface area (Å²) in [6, 6.07) is 5.86. The van der Waals surface area contributed by atoms with Crippen molar-refractivity contribution in [3.05, 3.63) is 56.5 Å². The van der Waals surface area contributed by atoms with Crippen molar-refractivity contribution in [2.24, 2.45) is 0 Å². The van der Waals surface area contributed by atoms with E-state index in [1.165, 1.54) is 12.1 Å². The van der Waals surface area contributed by atoms with Gasteiger partial charge >= 0.3 is 0 Å². The van der Waals surface area contributed by atoms with Gasteiger partial charge in [-0.1, -0.05) is 40.9 Å². The van der Waals surface area contributed by atoms with E-state index in [4.69, 9.17) is 34.8 Å². The van der Waals surface area contributed by atoms with Crippen LogP contribution in [0.1, 0.15) is 24.1 Å². The Hall–Kier alpha value is -1.03. The fraction of sp³-hybridized carbons (Fsp3) is 0.214. The summed E-state index contributed by atoms with van der Waals surface area (Å²) in [5, 5.41) is 4.21. The highest BCUT2D eigenvalue weighted by Crippen LogP contribution is 2.32. The summed E-state index contributed by atoms with van der Waals surface area (Å²) in [4.78, 5) is 3.99. The molecule has 0 radical (unpaired) electrons. The lowest BCUT2D eigenvalue weighted by molar-refractivity contribution is 0.626. The molecule has 0 aliphatic heterocycles. The Morgan fingerprint density at radius 2 is 1.90 bits per heavy atom. The highest BCUT2D eigenvalue weighted by Gasteiger charge is 2.14. The van der Waals surface area contributed by atoms with E-state index in [1.54, 1.807) is 12.1 Å². The lowest BCUT2D eigenvalue weighted by atomic mass is 10.1. The molecule has 1 atom stereocenters. The number of hydrogen-bond donors (Lipinski definition) is 1. The number of anilines is 1. The van der Waals surface area contributed by atoms with E-state index in [9.17, 15) is 4.39 Å². The molecule has 0 spiro atoms. The van der Waals surface area contributed by atoms with Gasteiger partial charge in [0.05, 0.1) is 11.7 Å². The molecule has 1 aromatic heterocycles. The van der Waals surface area contributed by atoms with Crippen LogP contribution in [0.15, 0.2) is 24.3 Å². The van der Waals surface area contributed by atoms with E-state index >= 15 is 0 Å². The lowest BCUT2D eigenvalue weighted by Gasteiger charge is -2.19. The van der Waals surface area contributed by atoms with Gasteiger partial charge in [0.2, 0.25) is 0 Å². The maximum absolute atomic E-state index is 13.1. The summed E-state index contributed by atoms with van der Waals surface area (Å²) in [5.74, 6) is -0.367. The van der Waals surface area contributed by atoms with Gasteiger partial charge in [0.1, 0.15) is 11.0 Å². The number of nitrogens with one attached hydrogen (secondary N) is 1. The Labute approximate surface area is 131 Å². The number of aromatic nitrogens is 1. The van der Waals surface area contributed by atoms with Gasteiger partial charge in [0, 0.05) is 5.02 Å². The molecule has 20 heavy (non-hydrogen) atoms. The van der Waals surface area contributed by atoms with Gasteiger partial charge in [0.25, 0.3) is 0 Å². The largest absolute Gasteiger partial charge is 0.376 e. The molecule has 0 fully saturated rings. The normalized spacial score (nSPS) is 12.3. The van der Waals surface area contributed by atoms with Gasteiger partial charge in [0.15, 0.2) is 5.15 Å². The molecule has 0 amide bonds. The predicted molar refractivity (Wildman–Crippen MR) is 82.4 cm³/mol. The highest BCUT2D eigenvalue weighted by molar-refractivity contribution is 6.34. The van der Waals surface area contributed by atoms with Crippen molar-refractivity contribution in [2.45, 2.75) is 19.9 Å². The third kappa shape index (κ3) is 3.35. The predicted octanol–water partition coefficient (Wildman–Crippen LogP) is 5.66. The van der Waals surface area contributed by atoms with E-state index in [0.29, 0.717) is 21.0 Å². The number of aryl methyl sites for hydroxylation is 1. The summed E-state index contributed by atoms with van der Waals surface area (Å²) in [7, 11) is 0. The molecule has 0 saturated carbocycles. The van der Waals surface area contributed by atoms with Crippen molar-refractivity contribution in [3.63, 3.8) is 0 Å². The highest BCUT2D eigenvalue weighted by atomic mass is 35.5. The Kier molecular flexibility index (Phi) is 4.74. The third-order valence-electron chi connectivity index (χ3n) is 2.93. The maximum atomic E-state index is 13.1. The van der Waals surface area contributed by atoms with Gasteiger partial charge in [-0.25, -0.2) is 9.37 Å². The minimum absolute atomic E-state index is 0.151. The summed E-state index contributed by atoms with van der Waals surface area (Å²) < 4.78 is 13.1. The van der Waals surface area contributed by atoms with Crippen LogP contribution in [-0.4, -0.2) is 4.98 Å². The molecule has 0 aliphatic carbocycles. The first-order chi connectivity index (χ1) is 9.38. The first kappa shape index (κ1) is 15.4. The molecule has 6 heteroatoms. The van der Waals surface area contributed by atoms with Crippen LogP contribution >= 0.6 is 34.8 Å². The Morgan fingerprint density at radius 3 is 2.50 bits per heavy atom.